The maximum absolute atomic E-state index is 4.88. The van der Waals surface area contributed by atoms with Crippen LogP contribution < -0.4 is 0 Å². The van der Waals surface area contributed by atoms with Gasteiger partial charge in [-0.2, -0.15) is 5.10 Å². The van der Waals surface area contributed by atoms with Crippen LogP contribution in [0.25, 0.3) is 0 Å². The Morgan fingerprint density at radius 2 is 1.60 bits per heavy atom. The van der Waals surface area contributed by atoms with Gasteiger partial charge in [0.1, 0.15) is 12.7 Å². The van der Waals surface area contributed by atoms with Crippen LogP contribution in [0.5, 0.6) is 0 Å². The molecule has 0 fully saturated rings. The number of nitrogens with zero attached hydrogens (tertiary/aromatic N) is 4. The maximum atomic E-state index is 4.88. The van der Waals surface area contributed by atoms with Gasteiger partial charge in [-0.15, -0.1) is 0 Å². The number of aromatic nitrogens is 3. The predicted molar refractivity (Wildman–Crippen MR) is 107 cm³/mol. The molecule has 4 nitrogen and oxygen atoms in total. The van der Waals surface area contributed by atoms with Crippen LogP contribution in [-0.4, -0.2) is 20.6 Å². The van der Waals surface area contributed by atoms with Gasteiger partial charge < -0.3 is 0 Å². The number of para-hydroxylation sites is 1. The molecule has 3 rings (SSSR count). The van der Waals surface area contributed by atoms with Crippen molar-refractivity contribution in [3.63, 3.8) is 0 Å². The molecule has 0 aliphatic carbocycles. The molecule has 0 aliphatic rings. The molecule has 0 radical (unpaired) electrons. The number of aryl methyl sites for hydroxylation is 3. The molecular formula is C18H18Br2N4Ni. The van der Waals surface area contributed by atoms with E-state index in [4.69, 9.17) is 4.99 Å². The second-order valence-electron chi connectivity index (χ2n) is 5.43. The molecule has 0 unspecified atom stereocenters. The Balaban J connectivity index is 0.000000701. The van der Waals surface area contributed by atoms with E-state index in [0.717, 1.165) is 28.2 Å². The normalized spacial score (nSPS) is 11.2. The second-order valence-corrected chi connectivity index (χ2v) is 10.4. The molecule has 2 aromatic carbocycles. The van der Waals surface area contributed by atoms with Crippen molar-refractivity contribution in [2.45, 2.75) is 20.8 Å². The minimum absolute atomic E-state index is 0.773. The number of rotatable bonds is 2. The molecule has 3 aromatic rings. The Morgan fingerprint density at radius 1 is 1.00 bits per heavy atom. The molecule has 134 valence electrons. The zero-order chi connectivity index (χ0) is 18.2. The van der Waals surface area contributed by atoms with Gasteiger partial charge in [-0.25, -0.2) is 14.7 Å². The summed E-state index contributed by atoms with van der Waals surface area (Å²) >= 11 is 6.00. The zero-order valence-corrected chi connectivity index (χ0v) is 18.2. The monoisotopic (exact) mass is 506 g/mol. The van der Waals surface area contributed by atoms with Gasteiger partial charge in [0.05, 0.1) is 5.69 Å². The van der Waals surface area contributed by atoms with E-state index >= 15 is 0 Å². The van der Waals surface area contributed by atoms with Crippen molar-refractivity contribution in [3.8, 4) is 0 Å². The fraction of sp³-hybridized carbons (Fsp3) is 0.167. The molecule has 0 bridgehead atoms. The van der Waals surface area contributed by atoms with Crippen molar-refractivity contribution in [1.29, 1.82) is 0 Å². The van der Waals surface area contributed by atoms with Crippen molar-refractivity contribution < 1.29 is 10.9 Å². The van der Waals surface area contributed by atoms with Crippen molar-refractivity contribution >= 4 is 40.0 Å². The Kier molecular flexibility index (Phi) is 8.01. The summed E-state index contributed by atoms with van der Waals surface area (Å²) in [5.74, 6) is 0.773. The van der Waals surface area contributed by atoms with E-state index in [2.05, 4.69) is 95.7 Å². The van der Waals surface area contributed by atoms with Gasteiger partial charge in [-0.05, 0) is 31.9 Å². The second kappa shape index (κ2) is 10.00. The van der Waals surface area contributed by atoms with E-state index in [0.29, 0.717) is 0 Å². The van der Waals surface area contributed by atoms with Crippen molar-refractivity contribution in [1.82, 2.24) is 14.8 Å². The predicted octanol–water partition coefficient (Wildman–Crippen LogP) is 5.52. The summed E-state index contributed by atoms with van der Waals surface area (Å²) in [5.41, 5.74) is 5.50. The quantitative estimate of drug-likeness (QED) is 0.260. The Hall–Kier alpha value is -1.30. The third kappa shape index (κ3) is 5.60. The molecule has 0 saturated carbocycles. The third-order valence-electron chi connectivity index (χ3n) is 3.60. The molecule has 7 heteroatoms. The van der Waals surface area contributed by atoms with Crippen LogP contribution in [0.2, 0.25) is 0 Å². The average molecular weight is 509 g/mol. The molecule has 0 amide bonds. The van der Waals surface area contributed by atoms with Crippen LogP contribution in [0.1, 0.15) is 22.3 Å². The summed E-state index contributed by atoms with van der Waals surface area (Å²) in [5, 5.41) is 4.25. The van der Waals surface area contributed by atoms with E-state index in [1.807, 2.05) is 6.07 Å². The SMILES string of the molecule is Cc1ccc(C(=Nc2c(C)cccc2C)n2cncn2)cc1.[Br][Ni][Br]. The molecule has 0 N–H and O–H groups in total. The van der Waals surface area contributed by atoms with Gasteiger partial charge >= 0.3 is 39.3 Å². The molecule has 0 spiro atoms. The minimum atomic E-state index is 0.773. The number of aliphatic imine (C=N–C) groups is 1. The van der Waals surface area contributed by atoms with E-state index in [1.54, 1.807) is 11.0 Å². The van der Waals surface area contributed by atoms with Gasteiger partial charge in [-0.3, -0.25) is 0 Å². The van der Waals surface area contributed by atoms with Crippen LogP contribution >= 0.6 is 28.5 Å². The standard InChI is InChI=1S/C18H18N4.2BrH.Ni/c1-13-7-9-16(10-8-13)18(22-12-19-11-20-22)21-17-14(2)5-4-6-15(17)3;;;/h4-12H,1-3H3;2*1H;/q;;;+2/p-2. The number of hydrogen-bond donors (Lipinski definition) is 0. The number of hydrogen-bond acceptors (Lipinski definition) is 3. The fourth-order valence-electron chi connectivity index (χ4n) is 2.36. The van der Waals surface area contributed by atoms with Crippen LogP contribution in [0, 0.1) is 20.8 Å². The average Bonchev–Trinajstić information content (AvgIpc) is 3.11. The molecule has 0 saturated heterocycles. The molecule has 25 heavy (non-hydrogen) atoms. The van der Waals surface area contributed by atoms with Gasteiger partial charge in [0.2, 0.25) is 0 Å². The van der Waals surface area contributed by atoms with E-state index < -0.39 is 0 Å². The van der Waals surface area contributed by atoms with E-state index in [-0.39, 0.29) is 0 Å². The number of halogens is 2. The van der Waals surface area contributed by atoms with Gasteiger partial charge in [-0.1, -0.05) is 48.0 Å². The molecule has 0 aliphatic heterocycles. The fourth-order valence-corrected chi connectivity index (χ4v) is 2.36. The molecular weight excluding hydrogens is 491 g/mol. The summed E-state index contributed by atoms with van der Waals surface area (Å²) in [4.78, 5) is 8.92. The van der Waals surface area contributed by atoms with Crippen molar-refractivity contribution in [2.75, 3.05) is 0 Å². The first-order chi connectivity index (χ1) is 12.1. The van der Waals surface area contributed by atoms with Crippen molar-refractivity contribution in [3.05, 3.63) is 77.4 Å². The van der Waals surface area contributed by atoms with E-state index in [9.17, 15) is 0 Å². The molecule has 1 heterocycles. The van der Waals surface area contributed by atoms with Crippen LogP contribution in [-0.2, 0) is 10.9 Å². The topological polar surface area (TPSA) is 43.1 Å². The molecule has 0 atom stereocenters. The first kappa shape index (κ1) is 20.0. The summed E-state index contributed by atoms with van der Waals surface area (Å²) in [6, 6.07) is 14.5. The Bertz CT molecular complexity index is 811. The molecule has 1 aromatic heterocycles. The van der Waals surface area contributed by atoms with E-state index in [1.165, 1.54) is 22.8 Å². The number of benzene rings is 2. The Labute approximate surface area is 168 Å². The first-order valence-corrected chi connectivity index (χ1v) is 12.3. The summed E-state index contributed by atoms with van der Waals surface area (Å²) in [6.45, 7) is 6.21. The third-order valence-corrected chi connectivity index (χ3v) is 3.60. The van der Waals surface area contributed by atoms with Gasteiger partial charge in [0.25, 0.3) is 0 Å². The summed E-state index contributed by atoms with van der Waals surface area (Å²) in [7, 11) is 1.25. The summed E-state index contributed by atoms with van der Waals surface area (Å²) in [6.07, 6.45) is 3.20. The van der Waals surface area contributed by atoms with Crippen LogP contribution in [0.3, 0.4) is 0 Å². The van der Waals surface area contributed by atoms with Crippen molar-refractivity contribution in [2.24, 2.45) is 4.99 Å². The summed E-state index contributed by atoms with van der Waals surface area (Å²) < 4.78 is 1.70. The first-order valence-electron chi connectivity index (χ1n) is 7.46. The van der Waals surface area contributed by atoms with Gasteiger partial charge in [0, 0.05) is 5.56 Å². The Morgan fingerprint density at radius 3 is 2.12 bits per heavy atom. The van der Waals surface area contributed by atoms with Crippen LogP contribution in [0.15, 0.2) is 60.1 Å². The van der Waals surface area contributed by atoms with Gasteiger partial charge in [0.15, 0.2) is 5.84 Å². The van der Waals surface area contributed by atoms with Crippen LogP contribution in [0.4, 0.5) is 5.69 Å². The zero-order valence-electron chi connectivity index (χ0n) is 14.1.